The van der Waals surface area contributed by atoms with E-state index in [0.717, 1.165) is 10.8 Å². The predicted octanol–water partition coefficient (Wildman–Crippen LogP) is 2.79. The number of fused-ring (bicyclic) bond motifs is 1. The third kappa shape index (κ3) is 7.07. The van der Waals surface area contributed by atoms with Gasteiger partial charge in [0.15, 0.2) is 0 Å². The molecule has 4 rings (SSSR count). The number of carbonyl (C=O) groups is 4. The number of piperazine rings is 1. The quantitative estimate of drug-likeness (QED) is 0.311. The fraction of sp³-hybridized carbons (Fsp3) is 0.300. The molecule has 0 unspecified atom stereocenters. The van der Waals surface area contributed by atoms with Crippen LogP contribution in [0.3, 0.4) is 0 Å². The second-order valence-electron chi connectivity index (χ2n) is 9.38. The van der Waals surface area contributed by atoms with Crippen LogP contribution in [0.1, 0.15) is 40.1 Å². The minimum Gasteiger partial charge on any atom is -0.353 e. The van der Waals surface area contributed by atoms with Crippen molar-refractivity contribution in [2.24, 2.45) is 0 Å². The van der Waals surface area contributed by atoms with E-state index in [1.54, 1.807) is 28.0 Å². The van der Waals surface area contributed by atoms with Crippen molar-refractivity contribution in [2.75, 3.05) is 32.7 Å². The van der Waals surface area contributed by atoms with Gasteiger partial charge in [-0.3, -0.25) is 24.2 Å². The molecule has 9 nitrogen and oxygen atoms in total. The minimum absolute atomic E-state index is 0.0551. The van der Waals surface area contributed by atoms with Crippen molar-refractivity contribution in [3.8, 4) is 0 Å². The molecule has 202 valence electrons. The average molecular weight is 528 g/mol. The molecule has 1 aliphatic rings. The average Bonchev–Trinajstić information content (AvgIpc) is 2.99. The number of hydrogen-bond donors (Lipinski definition) is 2. The third-order valence-corrected chi connectivity index (χ3v) is 6.80. The molecule has 3 aromatic rings. The van der Waals surface area contributed by atoms with Gasteiger partial charge in [0.1, 0.15) is 11.7 Å². The normalized spacial score (nSPS) is 13.9. The largest absolute Gasteiger partial charge is 0.353 e. The lowest BCUT2D eigenvalue weighted by molar-refractivity contribution is -0.135. The van der Waals surface area contributed by atoms with Crippen molar-refractivity contribution >= 4 is 34.4 Å². The Labute approximate surface area is 227 Å². The molecule has 9 heteroatoms. The first-order valence-corrected chi connectivity index (χ1v) is 13.2. The third-order valence-electron chi connectivity index (χ3n) is 6.80. The zero-order valence-electron chi connectivity index (χ0n) is 21.8. The van der Waals surface area contributed by atoms with Gasteiger partial charge in [-0.25, -0.2) is 0 Å². The lowest BCUT2D eigenvalue weighted by Gasteiger charge is -2.36. The molecule has 1 aliphatic heterocycles. The summed E-state index contributed by atoms with van der Waals surface area (Å²) in [6.45, 7) is 5.45. The summed E-state index contributed by atoms with van der Waals surface area (Å²) in [6.07, 6.45) is 4.42. The molecule has 2 aromatic carbocycles. The van der Waals surface area contributed by atoms with E-state index in [2.05, 4.69) is 22.2 Å². The number of rotatable bonds is 10. The van der Waals surface area contributed by atoms with Gasteiger partial charge in [0.2, 0.25) is 11.8 Å². The van der Waals surface area contributed by atoms with Crippen molar-refractivity contribution in [3.63, 3.8) is 0 Å². The van der Waals surface area contributed by atoms with Crippen LogP contribution in [0.15, 0.2) is 79.5 Å². The van der Waals surface area contributed by atoms with Gasteiger partial charge >= 0.3 is 0 Å². The van der Waals surface area contributed by atoms with E-state index in [-0.39, 0.29) is 23.4 Å². The minimum atomic E-state index is -0.741. The lowest BCUT2D eigenvalue weighted by atomic mass is 10.0. The summed E-state index contributed by atoms with van der Waals surface area (Å²) >= 11 is 0. The van der Waals surface area contributed by atoms with E-state index < -0.39 is 11.9 Å². The van der Waals surface area contributed by atoms with Gasteiger partial charge in [-0.15, -0.1) is 0 Å². The van der Waals surface area contributed by atoms with Crippen LogP contribution in [0.5, 0.6) is 0 Å². The first kappa shape index (κ1) is 27.5. The van der Waals surface area contributed by atoms with Gasteiger partial charge in [-0.2, -0.15) is 0 Å². The Hall–Kier alpha value is -4.53. The molecule has 39 heavy (non-hydrogen) atoms. The van der Waals surface area contributed by atoms with Gasteiger partial charge in [0.05, 0.1) is 0 Å². The smallest absolute Gasteiger partial charge is 0.270 e. The van der Waals surface area contributed by atoms with Crippen molar-refractivity contribution in [1.82, 2.24) is 25.4 Å². The number of nitrogens with one attached hydrogen (secondary N) is 2. The topological polar surface area (TPSA) is 112 Å². The highest BCUT2D eigenvalue weighted by molar-refractivity contribution is 6.07. The maximum absolute atomic E-state index is 13.5. The van der Waals surface area contributed by atoms with Crippen LogP contribution in [0.2, 0.25) is 0 Å². The second-order valence-corrected chi connectivity index (χ2v) is 9.38. The zero-order valence-corrected chi connectivity index (χ0v) is 21.8. The summed E-state index contributed by atoms with van der Waals surface area (Å²) in [5, 5.41) is 7.48. The summed E-state index contributed by atoms with van der Waals surface area (Å²) < 4.78 is 0. The van der Waals surface area contributed by atoms with Crippen LogP contribution >= 0.6 is 0 Å². The number of aromatic nitrogens is 1. The van der Waals surface area contributed by atoms with Gasteiger partial charge in [-0.1, -0.05) is 49.0 Å². The van der Waals surface area contributed by atoms with Crippen LogP contribution in [-0.2, 0) is 9.59 Å². The number of benzene rings is 2. The van der Waals surface area contributed by atoms with Crippen LogP contribution in [0.25, 0.3) is 10.8 Å². The van der Waals surface area contributed by atoms with Gasteiger partial charge in [-0.05, 0) is 54.3 Å². The Bertz CT molecular complexity index is 1330. The van der Waals surface area contributed by atoms with E-state index >= 15 is 0 Å². The van der Waals surface area contributed by atoms with Gasteiger partial charge < -0.3 is 20.4 Å². The van der Waals surface area contributed by atoms with E-state index in [0.29, 0.717) is 57.5 Å². The zero-order chi connectivity index (χ0) is 27.6. The summed E-state index contributed by atoms with van der Waals surface area (Å²) in [5.41, 5.74) is 0.885. The molecular weight excluding hydrogens is 494 g/mol. The molecule has 2 N–H and O–H groups in total. The number of carbonyl (C=O) groups excluding carboxylic acids is 4. The molecule has 4 amide bonds. The van der Waals surface area contributed by atoms with Crippen molar-refractivity contribution < 1.29 is 19.2 Å². The Morgan fingerprint density at radius 1 is 0.897 bits per heavy atom. The maximum atomic E-state index is 13.5. The molecule has 1 aromatic heterocycles. The van der Waals surface area contributed by atoms with Gasteiger partial charge in [0.25, 0.3) is 11.8 Å². The number of amides is 4. The molecule has 1 fully saturated rings. The van der Waals surface area contributed by atoms with Crippen molar-refractivity contribution in [1.29, 1.82) is 0 Å². The first-order valence-electron chi connectivity index (χ1n) is 13.2. The Kier molecular flexibility index (Phi) is 9.39. The highest BCUT2D eigenvalue weighted by Gasteiger charge is 2.30. The SMILES string of the molecule is C=CC(=O)NCCCC[C@H](NC(=O)c1ccccn1)C(=O)N1CCN(C(=O)c2cccc3ccccc23)CC1. The molecule has 0 saturated carbocycles. The summed E-state index contributed by atoms with van der Waals surface area (Å²) in [6, 6.07) is 17.8. The van der Waals surface area contributed by atoms with Crippen molar-refractivity contribution in [2.45, 2.75) is 25.3 Å². The van der Waals surface area contributed by atoms with Crippen molar-refractivity contribution in [3.05, 3.63) is 90.8 Å². The van der Waals surface area contributed by atoms with Crippen LogP contribution in [-0.4, -0.2) is 77.2 Å². The molecule has 2 heterocycles. The second kappa shape index (κ2) is 13.3. The Morgan fingerprint density at radius 3 is 2.36 bits per heavy atom. The highest BCUT2D eigenvalue weighted by atomic mass is 16.2. The molecule has 1 atom stereocenters. The van der Waals surface area contributed by atoms with Crippen LogP contribution < -0.4 is 10.6 Å². The lowest BCUT2D eigenvalue weighted by Crippen LogP contribution is -2.56. The monoisotopic (exact) mass is 527 g/mol. The molecule has 1 saturated heterocycles. The molecule has 0 spiro atoms. The Morgan fingerprint density at radius 2 is 1.62 bits per heavy atom. The number of pyridine rings is 1. The van der Waals surface area contributed by atoms with Gasteiger partial charge in [0, 0.05) is 44.5 Å². The van der Waals surface area contributed by atoms with E-state index in [1.165, 1.54) is 12.3 Å². The highest BCUT2D eigenvalue weighted by Crippen LogP contribution is 2.21. The summed E-state index contributed by atoms with van der Waals surface area (Å²) in [4.78, 5) is 58.6. The Balaban J connectivity index is 1.38. The first-order chi connectivity index (χ1) is 19.0. The summed E-state index contributed by atoms with van der Waals surface area (Å²) in [7, 11) is 0. The molecule has 0 aliphatic carbocycles. The number of unbranched alkanes of at least 4 members (excludes halogenated alkanes) is 1. The molecule has 0 bridgehead atoms. The van der Waals surface area contributed by atoms with E-state index in [4.69, 9.17) is 0 Å². The predicted molar refractivity (Wildman–Crippen MR) is 149 cm³/mol. The maximum Gasteiger partial charge on any atom is 0.270 e. The van der Waals surface area contributed by atoms with Crippen LogP contribution in [0.4, 0.5) is 0 Å². The molecular formula is C30H33N5O4. The van der Waals surface area contributed by atoms with E-state index in [9.17, 15) is 19.2 Å². The fourth-order valence-corrected chi connectivity index (χ4v) is 4.68. The number of nitrogens with zero attached hydrogens (tertiary/aromatic N) is 3. The van der Waals surface area contributed by atoms with E-state index in [1.807, 2.05) is 42.5 Å². The molecule has 0 radical (unpaired) electrons. The van der Waals surface area contributed by atoms with Crippen LogP contribution in [0, 0.1) is 0 Å². The fourth-order valence-electron chi connectivity index (χ4n) is 4.68. The summed E-state index contributed by atoms with van der Waals surface area (Å²) in [5.74, 6) is -0.909. The number of hydrogen-bond acceptors (Lipinski definition) is 5. The standard InChI is InChI=1S/C30H33N5O4/c1-2-27(36)32-17-8-6-15-26(33-28(37)25-14-5-7-16-31-25)30(39)35-20-18-34(19-21-35)29(38)24-13-9-11-22-10-3-4-12-23(22)24/h2-5,7,9-14,16,26H,1,6,8,15,17-21H2,(H,32,36)(H,33,37)/t26-/m0/s1.